The number of carbonyl (C=O) groups is 2. The van der Waals surface area contributed by atoms with E-state index in [1.165, 1.54) is 12.8 Å². The number of likely N-dealkylation sites (tertiary alicyclic amines) is 1. The van der Waals surface area contributed by atoms with Gasteiger partial charge in [-0.3, -0.25) is 14.5 Å². The predicted octanol–water partition coefficient (Wildman–Crippen LogP) is 4.62. The third-order valence-electron chi connectivity index (χ3n) is 6.43. The van der Waals surface area contributed by atoms with Gasteiger partial charge in [-0.1, -0.05) is 51.7 Å². The van der Waals surface area contributed by atoms with Gasteiger partial charge in [0.15, 0.2) is 0 Å². The van der Waals surface area contributed by atoms with Crippen LogP contribution in [-0.2, 0) is 9.59 Å². The van der Waals surface area contributed by atoms with Gasteiger partial charge in [0, 0.05) is 19.1 Å². The van der Waals surface area contributed by atoms with Crippen molar-refractivity contribution in [2.24, 2.45) is 5.92 Å². The Kier molecular flexibility index (Phi) is 6.45. The average Bonchev–Trinajstić information content (AvgIpc) is 3.24. The number of amides is 2. The van der Waals surface area contributed by atoms with Crippen LogP contribution in [0.4, 0.5) is 0 Å². The van der Waals surface area contributed by atoms with Gasteiger partial charge in [-0.25, -0.2) is 0 Å². The molecule has 3 aliphatic rings. The van der Waals surface area contributed by atoms with Crippen LogP contribution in [0, 0.1) is 5.92 Å². The maximum absolute atomic E-state index is 13.6. The summed E-state index contributed by atoms with van der Waals surface area (Å²) in [4.78, 5) is 30.8. The van der Waals surface area contributed by atoms with Crippen LogP contribution in [-0.4, -0.2) is 47.4 Å². The van der Waals surface area contributed by atoms with Crippen LogP contribution in [0.25, 0.3) is 5.57 Å². The van der Waals surface area contributed by atoms with Crippen molar-refractivity contribution in [3.63, 3.8) is 0 Å². The lowest BCUT2D eigenvalue weighted by molar-refractivity contribution is -0.140. The molecule has 2 aliphatic heterocycles. The molecule has 1 aromatic carbocycles. The van der Waals surface area contributed by atoms with Gasteiger partial charge in [0.2, 0.25) is 0 Å². The topological polar surface area (TPSA) is 49.9 Å². The molecule has 5 heteroatoms. The van der Waals surface area contributed by atoms with Crippen LogP contribution in [0.2, 0.25) is 0 Å². The third kappa shape index (κ3) is 4.26. The minimum absolute atomic E-state index is 0.0382. The summed E-state index contributed by atoms with van der Waals surface area (Å²) < 4.78 is 5.80. The molecular formula is C25H34N2O3. The van der Waals surface area contributed by atoms with E-state index in [-0.39, 0.29) is 17.9 Å². The van der Waals surface area contributed by atoms with Crippen molar-refractivity contribution in [2.75, 3.05) is 19.7 Å². The Morgan fingerprint density at radius 1 is 0.900 bits per heavy atom. The minimum atomic E-state index is -0.107. The fraction of sp³-hybridized carbons (Fsp3) is 0.600. The number of nitrogens with zero attached hydrogens (tertiary/aromatic N) is 2. The van der Waals surface area contributed by atoms with Gasteiger partial charge in [0.05, 0.1) is 12.2 Å². The van der Waals surface area contributed by atoms with Crippen LogP contribution in [0.5, 0.6) is 5.75 Å². The van der Waals surface area contributed by atoms with Crippen molar-refractivity contribution in [1.82, 2.24) is 9.80 Å². The number of rotatable bonds is 6. The Morgan fingerprint density at radius 2 is 1.53 bits per heavy atom. The molecule has 2 heterocycles. The van der Waals surface area contributed by atoms with Gasteiger partial charge >= 0.3 is 0 Å². The van der Waals surface area contributed by atoms with Crippen molar-refractivity contribution >= 4 is 17.4 Å². The van der Waals surface area contributed by atoms with Crippen LogP contribution in [0.1, 0.15) is 70.8 Å². The molecule has 0 spiro atoms. The van der Waals surface area contributed by atoms with E-state index in [0.29, 0.717) is 23.8 Å². The molecule has 0 N–H and O–H groups in total. The fourth-order valence-electron chi connectivity index (χ4n) is 4.86. The first-order valence-electron chi connectivity index (χ1n) is 11.7. The Labute approximate surface area is 180 Å². The van der Waals surface area contributed by atoms with Gasteiger partial charge in [0.1, 0.15) is 11.4 Å². The van der Waals surface area contributed by atoms with Crippen LogP contribution < -0.4 is 4.74 Å². The molecule has 1 aliphatic carbocycles. The molecule has 0 aromatic heterocycles. The van der Waals surface area contributed by atoms with Gasteiger partial charge in [-0.05, 0) is 49.3 Å². The minimum Gasteiger partial charge on any atom is -0.493 e. The van der Waals surface area contributed by atoms with E-state index in [0.717, 1.165) is 62.9 Å². The van der Waals surface area contributed by atoms with Gasteiger partial charge in [-0.2, -0.15) is 0 Å². The zero-order valence-electron chi connectivity index (χ0n) is 18.4. The van der Waals surface area contributed by atoms with E-state index in [9.17, 15) is 9.59 Å². The first-order valence-corrected chi connectivity index (χ1v) is 11.7. The Balaban J connectivity index is 1.64. The smallest absolute Gasteiger partial charge is 0.278 e. The van der Waals surface area contributed by atoms with Crippen LogP contribution in [0.3, 0.4) is 0 Å². The summed E-state index contributed by atoms with van der Waals surface area (Å²) >= 11 is 0. The SMILES string of the molecule is CC(C)COc1ccc(C2=C(N3CCCC3)C(=O)N(C3CCCCCC3)C2=O)cc1. The Hall–Kier alpha value is -2.30. The predicted molar refractivity (Wildman–Crippen MR) is 118 cm³/mol. The van der Waals surface area contributed by atoms with Crippen LogP contribution in [0.15, 0.2) is 30.0 Å². The van der Waals surface area contributed by atoms with E-state index in [4.69, 9.17) is 4.74 Å². The molecule has 0 radical (unpaired) electrons. The maximum Gasteiger partial charge on any atom is 0.278 e. The summed E-state index contributed by atoms with van der Waals surface area (Å²) in [7, 11) is 0. The molecular weight excluding hydrogens is 376 g/mol. The molecule has 0 atom stereocenters. The van der Waals surface area contributed by atoms with Crippen molar-refractivity contribution in [3.05, 3.63) is 35.5 Å². The van der Waals surface area contributed by atoms with Crippen LogP contribution >= 0.6 is 0 Å². The van der Waals surface area contributed by atoms with Gasteiger partial charge in [-0.15, -0.1) is 0 Å². The number of hydrogen-bond acceptors (Lipinski definition) is 4. The quantitative estimate of drug-likeness (QED) is 0.507. The number of carbonyl (C=O) groups excluding carboxylic acids is 2. The molecule has 2 amide bonds. The molecule has 1 saturated carbocycles. The van der Waals surface area contributed by atoms with Crippen molar-refractivity contribution in [1.29, 1.82) is 0 Å². The van der Waals surface area contributed by atoms with Gasteiger partial charge < -0.3 is 9.64 Å². The lowest BCUT2D eigenvalue weighted by Crippen LogP contribution is -2.42. The summed E-state index contributed by atoms with van der Waals surface area (Å²) in [5.41, 5.74) is 2.03. The average molecular weight is 411 g/mol. The highest BCUT2D eigenvalue weighted by atomic mass is 16.5. The molecule has 1 saturated heterocycles. The number of imide groups is 1. The summed E-state index contributed by atoms with van der Waals surface area (Å²) in [5.74, 6) is 1.07. The number of ether oxygens (including phenoxy) is 1. The third-order valence-corrected chi connectivity index (χ3v) is 6.43. The largest absolute Gasteiger partial charge is 0.493 e. The molecule has 30 heavy (non-hydrogen) atoms. The number of benzene rings is 1. The lowest BCUT2D eigenvalue weighted by atomic mass is 10.0. The molecule has 0 bridgehead atoms. The first-order chi connectivity index (χ1) is 14.6. The highest BCUT2D eigenvalue weighted by Gasteiger charge is 2.45. The zero-order chi connectivity index (χ0) is 21.1. The second-order valence-electron chi connectivity index (χ2n) is 9.27. The normalized spacial score (nSPS) is 21.2. The fourth-order valence-corrected chi connectivity index (χ4v) is 4.86. The van der Waals surface area contributed by atoms with E-state index in [1.54, 1.807) is 4.90 Å². The summed E-state index contributed by atoms with van der Waals surface area (Å²) in [5, 5.41) is 0. The Morgan fingerprint density at radius 3 is 2.13 bits per heavy atom. The zero-order valence-corrected chi connectivity index (χ0v) is 18.4. The Bertz CT molecular complexity index is 798. The van der Waals surface area contributed by atoms with E-state index in [1.807, 2.05) is 24.3 Å². The second-order valence-corrected chi connectivity index (χ2v) is 9.27. The monoisotopic (exact) mass is 410 g/mol. The standard InChI is InChI=1S/C25H34N2O3/c1-18(2)17-30-21-13-11-19(12-14-21)22-23(26-15-7-8-16-26)25(29)27(24(22)28)20-9-5-3-4-6-10-20/h11-14,18,20H,3-10,15-17H2,1-2H3. The first kappa shape index (κ1) is 21.0. The highest BCUT2D eigenvalue weighted by molar-refractivity contribution is 6.35. The summed E-state index contributed by atoms with van der Waals surface area (Å²) in [6.07, 6.45) is 8.59. The van der Waals surface area contributed by atoms with Crippen molar-refractivity contribution < 1.29 is 14.3 Å². The summed E-state index contributed by atoms with van der Waals surface area (Å²) in [6, 6.07) is 7.74. The molecule has 1 aromatic rings. The van der Waals surface area contributed by atoms with E-state index >= 15 is 0 Å². The maximum atomic E-state index is 13.6. The number of hydrogen-bond donors (Lipinski definition) is 0. The van der Waals surface area contributed by atoms with Gasteiger partial charge in [0.25, 0.3) is 11.8 Å². The molecule has 5 nitrogen and oxygen atoms in total. The lowest BCUT2D eigenvalue weighted by Gasteiger charge is -2.26. The van der Waals surface area contributed by atoms with Crippen molar-refractivity contribution in [2.45, 2.75) is 71.3 Å². The van der Waals surface area contributed by atoms with Crippen molar-refractivity contribution in [3.8, 4) is 5.75 Å². The molecule has 4 rings (SSSR count). The summed E-state index contributed by atoms with van der Waals surface area (Å²) in [6.45, 7) is 6.60. The van der Waals surface area contributed by atoms with E-state index < -0.39 is 0 Å². The molecule has 162 valence electrons. The highest BCUT2D eigenvalue weighted by Crippen LogP contribution is 2.37. The van der Waals surface area contributed by atoms with E-state index in [2.05, 4.69) is 18.7 Å². The second kappa shape index (κ2) is 9.23. The molecule has 0 unspecified atom stereocenters. The molecule has 2 fully saturated rings.